The van der Waals surface area contributed by atoms with Gasteiger partial charge in [0.05, 0.1) is 17.9 Å². The van der Waals surface area contributed by atoms with E-state index in [2.05, 4.69) is 47.1 Å². The van der Waals surface area contributed by atoms with Crippen LogP contribution in [0.1, 0.15) is 55.3 Å². The molecule has 2 aliphatic rings. The third-order valence-electron chi connectivity index (χ3n) is 4.92. The molecule has 0 saturated carbocycles. The largest absolute Gasteiger partial charge is 0.448 e. The lowest BCUT2D eigenvalue weighted by Gasteiger charge is -2.34. The van der Waals surface area contributed by atoms with Crippen LogP contribution in [0.25, 0.3) is 0 Å². The highest BCUT2D eigenvalue weighted by molar-refractivity contribution is 5.78. The van der Waals surface area contributed by atoms with Gasteiger partial charge >= 0.3 is 0 Å². The number of rotatable bonds is 3. The Bertz CT molecular complexity index is 728. The maximum atomic E-state index is 12.1. The van der Waals surface area contributed by atoms with E-state index in [1.54, 1.807) is 6.26 Å². The van der Waals surface area contributed by atoms with E-state index in [0.717, 1.165) is 11.6 Å². The number of hydrogen-bond acceptors (Lipinski definition) is 5. The number of amides is 1. The third-order valence-corrected chi connectivity index (χ3v) is 4.92. The Morgan fingerprint density at radius 3 is 2.71 bits per heavy atom. The van der Waals surface area contributed by atoms with Crippen molar-refractivity contribution < 1.29 is 9.21 Å². The van der Waals surface area contributed by atoms with Crippen molar-refractivity contribution in [1.82, 2.24) is 21.2 Å². The van der Waals surface area contributed by atoms with Crippen LogP contribution in [-0.4, -0.2) is 17.1 Å². The Morgan fingerprint density at radius 2 is 2.00 bits per heavy atom. The summed E-state index contributed by atoms with van der Waals surface area (Å²) in [7, 11) is 0. The molecule has 0 radical (unpaired) electrons. The average molecular weight is 326 g/mol. The molecule has 4 unspecified atom stereocenters. The molecular formula is C18H22N4O2. The molecule has 2 aliphatic heterocycles. The zero-order valence-electron chi connectivity index (χ0n) is 13.8. The Labute approximate surface area is 141 Å². The number of fused-ring (bicyclic) bond motifs is 1. The molecule has 1 aromatic carbocycles. The SMILES string of the molecule is CC(C)c1nc(C2CC(=O)NC3NNC(c4ccccc4)C32)co1. The van der Waals surface area contributed by atoms with Gasteiger partial charge in [0, 0.05) is 24.2 Å². The highest BCUT2D eigenvalue weighted by atomic mass is 16.3. The van der Waals surface area contributed by atoms with Crippen molar-refractivity contribution in [3.05, 3.63) is 53.7 Å². The van der Waals surface area contributed by atoms with Crippen molar-refractivity contribution in [1.29, 1.82) is 0 Å². The maximum Gasteiger partial charge on any atom is 0.221 e. The zero-order chi connectivity index (χ0) is 16.7. The fraction of sp³-hybridized carbons (Fsp3) is 0.444. The Kier molecular flexibility index (Phi) is 3.86. The molecule has 4 rings (SSSR count). The van der Waals surface area contributed by atoms with Crippen LogP contribution in [0.15, 0.2) is 41.0 Å². The highest BCUT2D eigenvalue weighted by Gasteiger charge is 2.47. The van der Waals surface area contributed by atoms with Gasteiger partial charge in [-0.2, -0.15) is 0 Å². The van der Waals surface area contributed by atoms with Crippen LogP contribution < -0.4 is 16.2 Å². The van der Waals surface area contributed by atoms with E-state index >= 15 is 0 Å². The van der Waals surface area contributed by atoms with Gasteiger partial charge in [0.1, 0.15) is 6.26 Å². The van der Waals surface area contributed by atoms with Crippen LogP contribution in [0, 0.1) is 5.92 Å². The molecular weight excluding hydrogens is 304 g/mol. The van der Waals surface area contributed by atoms with E-state index in [1.807, 2.05) is 18.2 Å². The fourth-order valence-corrected chi connectivity index (χ4v) is 3.73. The number of carbonyl (C=O) groups is 1. The summed E-state index contributed by atoms with van der Waals surface area (Å²) in [5.74, 6) is 1.20. The smallest absolute Gasteiger partial charge is 0.221 e. The van der Waals surface area contributed by atoms with Gasteiger partial charge in [0.25, 0.3) is 0 Å². The van der Waals surface area contributed by atoms with Crippen LogP contribution in [-0.2, 0) is 4.79 Å². The molecule has 2 saturated heterocycles. The van der Waals surface area contributed by atoms with Gasteiger partial charge in [-0.15, -0.1) is 0 Å². The van der Waals surface area contributed by atoms with Crippen LogP contribution in [0.5, 0.6) is 0 Å². The van der Waals surface area contributed by atoms with Gasteiger partial charge in [0.2, 0.25) is 5.91 Å². The topological polar surface area (TPSA) is 79.2 Å². The number of piperidine rings is 1. The molecule has 1 aromatic heterocycles. The monoisotopic (exact) mass is 326 g/mol. The first-order valence-electron chi connectivity index (χ1n) is 8.44. The van der Waals surface area contributed by atoms with E-state index in [4.69, 9.17) is 4.42 Å². The Hall–Kier alpha value is -2.18. The van der Waals surface area contributed by atoms with E-state index in [0.29, 0.717) is 6.42 Å². The summed E-state index contributed by atoms with van der Waals surface area (Å²) in [6, 6.07) is 10.4. The summed E-state index contributed by atoms with van der Waals surface area (Å²) in [4.78, 5) is 16.8. The normalized spacial score (nSPS) is 29.5. The number of hydrazine groups is 1. The van der Waals surface area contributed by atoms with Crippen molar-refractivity contribution >= 4 is 5.91 Å². The van der Waals surface area contributed by atoms with E-state index in [1.165, 1.54) is 5.56 Å². The molecule has 0 aliphatic carbocycles. The molecule has 6 nitrogen and oxygen atoms in total. The third kappa shape index (κ3) is 2.61. The van der Waals surface area contributed by atoms with E-state index in [9.17, 15) is 4.79 Å². The summed E-state index contributed by atoms with van der Waals surface area (Å²) in [6.45, 7) is 4.11. The molecule has 1 amide bonds. The molecule has 3 heterocycles. The Balaban J connectivity index is 1.69. The number of benzene rings is 1. The van der Waals surface area contributed by atoms with Gasteiger partial charge in [0.15, 0.2) is 5.89 Å². The first-order valence-corrected chi connectivity index (χ1v) is 8.44. The minimum atomic E-state index is -0.111. The van der Waals surface area contributed by atoms with Crippen molar-refractivity contribution in [2.24, 2.45) is 5.92 Å². The quantitative estimate of drug-likeness (QED) is 0.806. The Morgan fingerprint density at radius 1 is 1.21 bits per heavy atom. The van der Waals surface area contributed by atoms with Gasteiger partial charge in [-0.3, -0.25) is 4.79 Å². The molecule has 2 fully saturated rings. The van der Waals surface area contributed by atoms with Gasteiger partial charge in [-0.1, -0.05) is 44.2 Å². The molecule has 0 bridgehead atoms. The van der Waals surface area contributed by atoms with Gasteiger partial charge in [-0.05, 0) is 5.56 Å². The standard InChI is InChI=1S/C18H22N4O2/c1-10(2)18-19-13(9-24-18)12-8-14(23)20-17-15(12)16(21-22-17)11-6-4-3-5-7-11/h3-7,9-10,12,15-17,21-22H,8H2,1-2H3,(H,20,23). The summed E-state index contributed by atoms with van der Waals surface area (Å²) in [6.07, 6.45) is 2.04. The van der Waals surface area contributed by atoms with Crippen molar-refractivity contribution in [2.75, 3.05) is 0 Å². The van der Waals surface area contributed by atoms with Crippen molar-refractivity contribution in [2.45, 2.75) is 44.3 Å². The first-order chi connectivity index (χ1) is 11.6. The zero-order valence-corrected chi connectivity index (χ0v) is 13.8. The number of nitrogens with one attached hydrogen (secondary N) is 3. The maximum absolute atomic E-state index is 12.1. The van der Waals surface area contributed by atoms with Crippen molar-refractivity contribution in [3.63, 3.8) is 0 Å². The second kappa shape index (κ2) is 6.03. The van der Waals surface area contributed by atoms with E-state index < -0.39 is 0 Å². The average Bonchev–Trinajstić information content (AvgIpc) is 3.22. The molecule has 4 atom stereocenters. The van der Waals surface area contributed by atoms with Crippen LogP contribution >= 0.6 is 0 Å². The van der Waals surface area contributed by atoms with E-state index in [-0.39, 0.29) is 35.9 Å². The molecule has 3 N–H and O–H groups in total. The van der Waals surface area contributed by atoms with Gasteiger partial charge < -0.3 is 9.73 Å². The van der Waals surface area contributed by atoms with Crippen molar-refractivity contribution in [3.8, 4) is 0 Å². The highest BCUT2D eigenvalue weighted by Crippen LogP contribution is 2.42. The van der Waals surface area contributed by atoms with Gasteiger partial charge in [-0.25, -0.2) is 15.8 Å². The lowest BCUT2D eigenvalue weighted by Crippen LogP contribution is -2.52. The van der Waals surface area contributed by atoms with Crippen LogP contribution in [0.4, 0.5) is 0 Å². The fourth-order valence-electron chi connectivity index (χ4n) is 3.73. The minimum absolute atomic E-state index is 0.0210. The summed E-state index contributed by atoms with van der Waals surface area (Å²) >= 11 is 0. The number of nitrogens with zero attached hydrogens (tertiary/aromatic N) is 1. The minimum Gasteiger partial charge on any atom is -0.448 e. The number of carbonyl (C=O) groups excluding carboxylic acids is 1. The first kappa shape index (κ1) is 15.4. The molecule has 6 heteroatoms. The lowest BCUT2D eigenvalue weighted by atomic mass is 9.76. The van der Waals surface area contributed by atoms with Crippen LogP contribution in [0.2, 0.25) is 0 Å². The summed E-state index contributed by atoms with van der Waals surface area (Å²) < 4.78 is 5.62. The molecule has 24 heavy (non-hydrogen) atoms. The van der Waals surface area contributed by atoms with Crippen LogP contribution in [0.3, 0.4) is 0 Å². The summed E-state index contributed by atoms with van der Waals surface area (Å²) in [5.41, 5.74) is 8.64. The number of aromatic nitrogens is 1. The lowest BCUT2D eigenvalue weighted by molar-refractivity contribution is -0.125. The predicted molar refractivity (Wildman–Crippen MR) is 88.8 cm³/mol. The number of hydrogen-bond donors (Lipinski definition) is 3. The second-order valence-electron chi connectivity index (χ2n) is 6.88. The number of oxazole rings is 1. The molecule has 0 spiro atoms. The molecule has 126 valence electrons. The molecule has 2 aromatic rings. The second-order valence-corrected chi connectivity index (χ2v) is 6.88. The predicted octanol–water partition coefficient (Wildman–Crippen LogP) is 2.19. The summed E-state index contributed by atoms with van der Waals surface area (Å²) in [5, 5.41) is 3.04.